The van der Waals surface area contributed by atoms with Gasteiger partial charge in [0.15, 0.2) is 0 Å². The van der Waals surface area contributed by atoms with Crippen molar-refractivity contribution in [3.05, 3.63) is 0 Å². The average molecular weight is 548 g/mol. The van der Waals surface area contributed by atoms with Crippen LogP contribution in [0.15, 0.2) is 0 Å². The summed E-state index contributed by atoms with van der Waals surface area (Å²) in [6.07, 6.45) is 0. The molecule has 0 spiro atoms. The van der Waals surface area contributed by atoms with Gasteiger partial charge in [0, 0.05) is 0 Å². The number of rotatable bonds is 0. The standard InChI is InChI=1S/Er.3HI/h;3*1H/q+3;;;/p-3. The van der Waals surface area contributed by atoms with Gasteiger partial charge in [-0.3, -0.25) is 0 Å². The molecule has 0 radical (unpaired) electrons. The third-order valence-electron chi connectivity index (χ3n) is 0. The summed E-state index contributed by atoms with van der Waals surface area (Å²) in [4.78, 5) is 0. The van der Waals surface area contributed by atoms with Gasteiger partial charge in [-0.25, -0.2) is 0 Å². The molecule has 0 atom stereocenters. The van der Waals surface area contributed by atoms with Crippen molar-refractivity contribution >= 4 is 45.4 Å². The summed E-state index contributed by atoms with van der Waals surface area (Å²) in [7, 11) is 0. The van der Waals surface area contributed by atoms with E-state index in [1.54, 1.807) is 0 Å². The minimum atomic E-state index is -0.229. The van der Waals surface area contributed by atoms with Gasteiger partial charge in [-0.2, -0.15) is 0 Å². The zero-order valence-corrected chi connectivity index (χ0v) is 9.75. The molecule has 0 fully saturated rings. The van der Waals surface area contributed by atoms with E-state index >= 15 is 0 Å². The van der Waals surface area contributed by atoms with Gasteiger partial charge in [0.2, 0.25) is 0 Å². The average Bonchev–Trinajstić information content (AvgIpc) is 0.811. The Hall–Kier alpha value is 3.44. The molecule has 0 aliphatic heterocycles. The van der Waals surface area contributed by atoms with Crippen LogP contribution in [0.25, 0.3) is 0 Å². The molecule has 4 heteroatoms. The quantitative estimate of drug-likeness (QED) is 0.409. The van der Waals surface area contributed by atoms with Gasteiger partial charge in [-0.05, 0) is 0 Å². The summed E-state index contributed by atoms with van der Waals surface area (Å²) in [5.74, 6) is 0. The van der Waals surface area contributed by atoms with Crippen molar-refractivity contribution in [2.45, 2.75) is 0 Å². The molecule has 4 heavy (non-hydrogen) atoms. The fraction of sp³-hybridized carbons (Fsp3) is 0. The van der Waals surface area contributed by atoms with Crippen LogP contribution >= 0.6 is 45.4 Å². The summed E-state index contributed by atoms with van der Waals surface area (Å²) in [5.41, 5.74) is 0. The van der Waals surface area contributed by atoms with E-state index in [-0.39, 0.29) is 16.0 Å². The van der Waals surface area contributed by atoms with Crippen LogP contribution in [-0.4, -0.2) is 0 Å². The fourth-order valence-corrected chi connectivity index (χ4v) is 0. The Labute approximate surface area is 58.6 Å². The zero-order chi connectivity index (χ0) is 3.58. The van der Waals surface area contributed by atoms with Gasteiger partial charge in [0.25, 0.3) is 0 Å². The molecule has 0 saturated carbocycles. The van der Waals surface area contributed by atoms with Gasteiger partial charge >= 0.3 is 61.4 Å². The Morgan fingerprint density at radius 1 is 1.00 bits per heavy atom. The minimum absolute atomic E-state index is 0.229. The Bertz CT molecular complexity index is 8.00. The number of halogens is 3. The summed E-state index contributed by atoms with van der Waals surface area (Å²) < 4.78 is 0. The first-order valence-electron chi connectivity index (χ1n) is 0.327. The van der Waals surface area contributed by atoms with Crippen molar-refractivity contribution in [3.63, 3.8) is 0 Å². The van der Waals surface area contributed by atoms with E-state index in [0.29, 0.717) is 0 Å². The van der Waals surface area contributed by atoms with Crippen LogP contribution in [0.4, 0.5) is 0 Å². The van der Waals surface area contributed by atoms with Crippen LogP contribution in [0.1, 0.15) is 0 Å². The molecule has 0 nitrogen and oxygen atoms in total. The normalized spacial score (nSPS) is 11.2. The van der Waals surface area contributed by atoms with Gasteiger partial charge < -0.3 is 0 Å². The summed E-state index contributed by atoms with van der Waals surface area (Å²) >= 11 is 7.14. The summed E-state index contributed by atoms with van der Waals surface area (Å²) in [6.45, 7) is 0. The second-order valence-corrected chi connectivity index (χ2v) is 41.3. The van der Waals surface area contributed by atoms with Crippen molar-refractivity contribution in [1.29, 1.82) is 0 Å². The molecular weight excluding hydrogens is 548 g/mol. The third-order valence-corrected chi connectivity index (χ3v) is 0. The van der Waals surface area contributed by atoms with Crippen molar-refractivity contribution in [1.82, 2.24) is 0 Å². The second-order valence-electron chi connectivity index (χ2n) is 0.124. The Balaban J connectivity index is 2.32. The van der Waals surface area contributed by atoms with Gasteiger partial charge in [0.1, 0.15) is 0 Å². The first kappa shape index (κ1) is 7.44. The first-order valence-corrected chi connectivity index (χ1v) is 16.3. The Kier molecular flexibility index (Phi) is 8.54. The predicted octanol–water partition coefficient (Wildman–Crippen LogP) is 2.66. The van der Waals surface area contributed by atoms with Gasteiger partial charge in [-0.15, -0.1) is 0 Å². The van der Waals surface area contributed by atoms with Crippen molar-refractivity contribution in [3.8, 4) is 0 Å². The fourth-order valence-electron chi connectivity index (χ4n) is 0. The SMILES string of the molecule is [I][Er]([I])[I]. The monoisotopic (exact) mass is 547 g/mol. The van der Waals surface area contributed by atoms with Crippen molar-refractivity contribution in [2.24, 2.45) is 0 Å². The van der Waals surface area contributed by atoms with Crippen LogP contribution < -0.4 is 0 Å². The molecule has 0 aromatic heterocycles. The van der Waals surface area contributed by atoms with Gasteiger partial charge in [-0.1, -0.05) is 0 Å². The van der Waals surface area contributed by atoms with E-state index < -0.39 is 0 Å². The maximum atomic E-state index is 2.46. The van der Waals surface area contributed by atoms with Crippen LogP contribution in [-0.2, 0) is 0 Å². The molecule has 0 aromatic carbocycles. The molecule has 0 saturated heterocycles. The molecule has 33 valence electrons. The van der Waals surface area contributed by atoms with E-state index in [1.165, 1.54) is 0 Å². The van der Waals surface area contributed by atoms with Crippen LogP contribution in [0.2, 0.25) is 0 Å². The van der Waals surface area contributed by atoms with Gasteiger partial charge in [0.05, 0.1) is 0 Å². The van der Waals surface area contributed by atoms with E-state index in [2.05, 4.69) is 45.4 Å². The van der Waals surface area contributed by atoms with E-state index in [0.717, 1.165) is 0 Å². The van der Waals surface area contributed by atoms with Crippen LogP contribution in [0, 0.1) is 16.0 Å². The number of hydrogen-bond acceptors (Lipinski definition) is 0. The molecule has 0 amide bonds. The molecule has 0 rings (SSSR count). The second kappa shape index (κ2) is 4.59. The van der Waals surface area contributed by atoms with E-state index in [9.17, 15) is 0 Å². The van der Waals surface area contributed by atoms with Crippen LogP contribution in [0.3, 0.4) is 0 Å². The molecule has 0 aliphatic carbocycles. The first-order chi connectivity index (χ1) is 1.73. The summed E-state index contributed by atoms with van der Waals surface area (Å²) in [5, 5.41) is 0. The molecule has 0 bridgehead atoms. The van der Waals surface area contributed by atoms with E-state index in [4.69, 9.17) is 0 Å². The maximum absolute atomic E-state index is 2.46. The molecular formula is ErI3. The third kappa shape index (κ3) is 9.06. The summed E-state index contributed by atoms with van der Waals surface area (Å²) in [6, 6.07) is 0. The van der Waals surface area contributed by atoms with Crippen LogP contribution in [0.5, 0.6) is 0 Å². The molecule has 0 N–H and O–H groups in total. The number of hydrogen-bond donors (Lipinski definition) is 0. The van der Waals surface area contributed by atoms with E-state index in [1.807, 2.05) is 0 Å². The predicted molar refractivity (Wildman–Crippen MR) is 42.1 cm³/mol. The Morgan fingerprint density at radius 3 is 1.00 bits per heavy atom. The Morgan fingerprint density at radius 2 is 1.00 bits per heavy atom. The van der Waals surface area contributed by atoms with Crippen molar-refractivity contribution in [2.75, 3.05) is 0 Å². The molecule has 0 unspecified atom stereocenters. The molecule has 0 heterocycles. The molecule has 0 aromatic rings. The topological polar surface area (TPSA) is 0 Å². The molecule has 0 aliphatic rings. The van der Waals surface area contributed by atoms with Crippen molar-refractivity contribution < 1.29 is 16.0 Å². The zero-order valence-electron chi connectivity index (χ0n) is 1.42.